The molecule has 2 heterocycles. The molecule has 6 nitrogen and oxygen atoms in total. The van der Waals surface area contributed by atoms with Crippen molar-refractivity contribution in [2.24, 2.45) is 0 Å². The van der Waals surface area contributed by atoms with Gasteiger partial charge in [-0.25, -0.2) is 9.50 Å². The fourth-order valence-electron chi connectivity index (χ4n) is 2.05. The Bertz CT molecular complexity index is 650. The predicted molar refractivity (Wildman–Crippen MR) is 68.8 cm³/mol. The quantitative estimate of drug-likeness (QED) is 0.827. The number of nitrogens with one attached hydrogen (secondary N) is 1. The molecular formula is C12H15F3N4O2. The summed E-state index contributed by atoms with van der Waals surface area (Å²) in [6.45, 7) is -1.33. The number of aliphatic hydroxyl groups is 1. The van der Waals surface area contributed by atoms with E-state index in [2.05, 4.69) is 10.1 Å². The van der Waals surface area contributed by atoms with Gasteiger partial charge >= 0.3 is 6.18 Å². The summed E-state index contributed by atoms with van der Waals surface area (Å²) in [5.74, 6) is 0. The summed E-state index contributed by atoms with van der Waals surface area (Å²) in [5, 5.41) is 11.4. The fraction of sp³-hybridized carbons (Fsp3) is 0.500. The molecule has 21 heavy (non-hydrogen) atoms. The van der Waals surface area contributed by atoms with Crippen molar-refractivity contribution in [3.8, 4) is 0 Å². The van der Waals surface area contributed by atoms with E-state index in [4.69, 9.17) is 5.11 Å². The predicted octanol–water partition coefficient (Wildman–Crippen LogP) is 0.769. The third kappa shape index (κ3) is 4.30. The highest BCUT2D eigenvalue weighted by atomic mass is 19.4. The molecule has 2 aromatic heterocycles. The number of hydrogen-bond acceptors (Lipinski definition) is 4. The van der Waals surface area contributed by atoms with Gasteiger partial charge in [-0.05, 0) is 6.42 Å². The minimum Gasteiger partial charge on any atom is -0.396 e. The Morgan fingerprint density at radius 2 is 2.19 bits per heavy atom. The molecule has 116 valence electrons. The van der Waals surface area contributed by atoms with E-state index < -0.39 is 12.7 Å². The molecule has 2 rings (SSSR count). The number of halogens is 3. The summed E-state index contributed by atoms with van der Waals surface area (Å²) < 4.78 is 38.8. The van der Waals surface area contributed by atoms with E-state index in [0.29, 0.717) is 5.65 Å². The van der Waals surface area contributed by atoms with Gasteiger partial charge in [0.2, 0.25) is 0 Å². The first kappa shape index (κ1) is 15.5. The van der Waals surface area contributed by atoms with Gasteiger partial charge in [0.05, 0.1) is 12.2 Å². The molecule has 0 atom stereocenters. The molecule has 0 aromatic carbocycles. The van der Waals surface area contributed by atoms with Gasteiger partial charge in [-0.1, -0.05) is 0 Å². The molecule has 2 N–H and O–H groups in total. The minimum absolute atomic E-state index is 0.0736. The zero-order valence-electron chi connectivity index (χ0n) is 11.1. The lowest BCUT2D eigenvalue weighted by atomic mass is 10.3. The molecule has 2 aromatic rings. The highest BCUT2D eigenvalue weighted by molar-refractivity contribution is 5.36. The number of alkyl halides is 3. The average molecular weight is 304 g/mol. The summed E-state index contributed by atoms with van der Waals surface area (Å²) in [4.78, 5) is 17.0. The van der Waals surface area contributed by atoms with E-state index in [-0.39, 0.29) is 37.4 Å². The third-order valence-corrected chi connectivity index (χ3v) is 2.85. The second-order valence-corrected chi connectivity index (χ2v) is 4.64. The molecule has 0 saturated heterocycles. The molecule has 0 aliphatic heterocycles. The van der Waals surface area contributed by atoms with Crippen LogP contribution in [0.15, 0.2) is 23.1 Å². The van der Waals surface area contributed by atoms with Gasteiger partial charge in [-0.2, -0.15) is 13.2 Å². The number of aromatic nitrogens is 3. The second kappa shape index (κ2) is 6.27. The molecule has 0 amide bonds. The summed E-state index contributed by atoms with van der Waals surface area (Å²) in [7, 11) is 0. The van der Waals surface area contributed by atoms with E-state index >= 15 is 0 Å². The lowest BCUT2D eigenvalue weighted by Gasteiger charge is -2.22. The van der Waals surface area contributed by atoms with E-state index in [1.807, 2.05) is 0 Å². The van der Waals surface area contributed by atoms with Gasteiger partial charge in [0.25, 0.3) is 5.56 Å². The van der Waals surface area contributed by atoms with Gasteiger partial charge in [-0.15, -0.1) is 0 Å². The third-order valence-electron chi connectivity index (χ3n) is 2.85. The van der Waals surface area contributed by atoms with Gasteiger partial charge < -0.3 is 5.11 Å². The minimum atomic E-state index is -4.34. The van der Waals surface area contributed by atoms with Crippen molar-refractivity contribution in [2.75, 3.05) is 19.7 Å². The molecule has 0 aliphatic carbocycles. The Kier molecular flexibility index (Phi) is 4.63. The summed E-state index contributed by atoms with van der Waals surface area (Å²) in [6, 6.07) is 2.76. The van der Waals surface area contributed by atoms with Crippen molar-refractivity contribution >= 4 is 5.65 Å². The number of nitrogens with zero attached hydrogens (tertiary/aromatic N) is 3. The van der Waals surface area contributed by atoms with Crippen molar-refractivity contribution in [3.05, 3.63) is 34.4 Å². The lowest BCUT2D eigenvalue weighted by molar-refractivity contribution is -0.147. The monoisotopic (exact) mass is 304 g/mol. The van der Waals surface area contributed by atoms with Crippen LogP contribution < -0.4 is 5.56 Å². The number of rotatable bonds is 6. The van der Waals surface area contributed by atoms with E-state index in [1.165, 1.54) is 16.8 Å². The standard InChI is InChI=1S/C12H15F3N4O2/c13-12(14,15)8-18(4-1-5-20)7-9-6-11(21)19-10(17-9)2-3-16-19/h2-3,6,16,20H,1,4-5,7-8H2. The van der Waals surface area contributed by atoms with Crippen LogP contribution in [0.25, 0.3) is 5.65 Å². The van der Waals surface area contributed by atoms with Gasteiger partial charge in [0, 0.05) is 38.0 Å². The molecule has 0 saturated carbocycles. The van der Waals surface area contributed by atoms with Gasteiger partial charge in [0.15, 0.2) is 5.65 Å². The smallest absolute Gasteiger partial charge is 0.396 e. The average Bonchev–Trinajstić information content (AvgIpc) is 2.83. The number of fused-ring (bicyclic) bond motifs is 1. The maximum atomic E-state index is 12.5. The van der Waals surface area contributed by atoms with Crippen molar-refractivity contribution < 1.29 is 18.3 Å². The number of hydrogen-bond donors (Lipinski definition) is 2. The first-order valence-electron chi connectivity index (χ1n) is 6.35. The molecule has 0 spiro atoms. The van der Waals surface area contributed by atoms with Crippen LogP contribution in [-0.4, -0.2) is 50.5 Å². The SMILES string of the molecule is O=c1cc(CN(CCCO)CC(F)(F)F)nc2cc[nH]n12. The Balaban J connectivity index is 2.18. The van der Waals surface area contributed by atoms with Crippen molar-refractivity contribution in [1.29, 1.82) is 0 Å². The molecular weight excluding hydrogens is 289 g/mol. The molecule has 9 heteroatoms. The zero-order chi connectivity index (χ0) is 15.5. The van der Waals surface area contributed by atoms with Crippen LogP contribution in [-0.2, 0) is 6.54 Å². The van der Waals surface area contributed by atoms with Crippen LogP contribution in [0.4, 0.5) is 13.2 Å². The molecule has 0 aliphatic rings. The van der Waals surface area contributed by atoms with Crippen molar-refractivity contribution in [3.63, 3.8) is 0 Å². The van der Waals surface area contributed by atoms with Crippen molar-refractivity contribution in [1.82, 2.24) is 19.5 Å². The Labute approximate surface area is 117 Å². The van der Waals surface area contributed by atoms with E-state index in [9.17, 15) is 18.0 Å². The van der Waals surface area contributed by atoms with Crippen molar-refractivity contribution in [2.45, 2.75) is 19.1 Å². The number of H-pyrrole nitrogens is 1. The van der Waals surface area contributed by atoms with Crippen LogP contribution in [0.2, 0.25) is 0 Å². The number of aliphatic hydroxyl groups excluding tert-OH is 1. The maximum Gasteiger partial charge on any atom is 0.401 e. The van der Waals surface area contributed by atoms with Crippen LogP contribution in [0.3, 0.4) is 0 Å². The highest BCUT2D eigenvalue weighted by Crippen LogP contribution is 2.17. The number of aromatic amines is 1. The van der Waals surface area contributed by atoms with Crippen LogP contribution >= 0.6 is 0 Å². The van der Waals surface area contributed by atoms with E-state index in [0.717, 1.165) is 4.90 Å². The summed E-state index contributed by atoms with van der Waals surface area (Å²) in [6.07, 6.45) is -2.60. The highest BCUT2D eigenvalue weighted by Gasteiger charge is 2.30. The lowest BCUT2D eigenvalue weighted by Crippen LogP contribution is -2.35. The first-order chi connectivity index (χ1) is 9.89. The summed E-state index contributed by atoms with van der Waals surface area (Å²) in [5.41, 5.74) is 0.238. The molecule has 0 radical (unpaired) electrons. The second-order valence-electron chi connectivity index (χ2n) is 4.64. The topological polar surface area (TPSA) is 73.6 Å². The van der Waals surface area contributed by atoms with Crippen LogP contribution in [0.1, 0.15) is 12.1 Å². The van der Waals surface area contributed by atoms with Gasteiger partial charge in [0.1, 0.15) is 0 Å². The Hall–Kier alpha value is -1.87. The summed E-state index contributed by atoms with van der Waals surface area (Å²) >= 11 is 0. The Morgan fingerprint density at radius 3 is 2.86 bits per heavy atom. The molecule has 0 bridgehead atoms. The molecule has 0 unspecified atom stereocenters. The van der Waals surface area contributed by atoms with Crippen LogP contribution in [0, 0.1) is 0 Å². The normalized spacial score (nSPS) is 12.4. The largest absolute Gasteiger partial charge is 0.401 e. The van der Waals surface area contributed by atoms with E-state index in [1.54, 1.807) is 6.07 Å². The van der Waals surface area contributed by atoms with Crippen LogP contribution in [0.5, 0.6) is 0 Å². The Morgan fingerprint density at radius 1 is 1.43 bits per heavy atom. The first-order valence-corrected chi connectivity index (χ1v) is 6.35. The fourth-order valence-corrected chi connectivity index (χ4v) is 2.05. The maximum absolute atomic E-state index is 12.5. The molecule has 0 fully saturated rings. The zero-order valence-corrected chi connectivity index (χ0v) is 11.1. The van der Waals surface area contributed by atoms with Gasteiger partial charge in [-0.3, -0.25) is 14.8 Å².